The molecule has 1 atom stereocenters. The van der Waals surface area contributed by atoms with Crippen LogP contribution < -0.4 is 15.4 Å². The number of guanidine groups is 1. The maximum absolute atomic E-state index is 5.61. The summed E-state index contributed by atoms with van der Waals surface area (Å²) in [6.45, 7) is 10.0. The highest BCUT2D eigenvalue weighted by Crippen LogP contribution is 2.31. The van der Waals surface area contributed by atoms with Gasteiger partial charge in [0.2, 0.25) is 0 Å². The number of benzene rings is 1. The highest BCUT2D eigenvalue weighted by Gasteiger charge is 2.25. The van der Waals surface area contributed by atoms with Crippen molar-refractivity contribution in [1.29, 1.82) is 0 Å². The van der Waals surface area contributed by atoms with Gasteiger partial charge in [-0.15, -0.1) is 0 Å². The SMILES string of the molecule is CCNC(=NCC(c1ccccc1OC)N1CCCC1)NCCOCC. The molecule has 0 radical (unpaired) electrons. The van der Waals surface area contributed by atoms with Crippen LogP contribution in [0.5, 0.6) is 5.75 Å². The van der Waals surface area contributed by atoms with E-state index >= 15 is 0 Å². The summed E-state index contributed by atoms with van der Waals surface area (Å²) in [6, 6.07) is 8.53. The van der Waals surface area contributed by atoms with Crippen LogP contribution in [-0.2, 0) is 4.74 Å². The van der Waals surface area contributed by atoms with Crippen molar-refractivity contribution in [2.24, 2.45) is 4.99 Å². The Morgan fingerprint density at radius 3 is 2.65 bits per heavy atom. The number of hydrogen-bond acceptors (Lipinski definition) is 4. The van der Waals surface area contributed by atoms with Crippen LogP contribution in [0.1, 0.15) is 38.3 Å². The molecule has 26 heavy (non-hydrogen) atoms. The second kappa shape index (κ2) is 11.8. The van der Waals surface area contributed by atoms with Crippen LogP contribution in [0.2, 0.25) is 0 Å². The van der Waals surface area contributed by atoms with Crippen LogP contribution in [0, 0.1) is 0 Å². The molecule has 6 heteroatoms. The first-order chi connectivity index (χ1) is 12.8. The van der Waals surface area contributed by atoms with E-state index in [1.54, 1.807) is 7.11 Å². The van der Waals surface area contributed by atoms with Crippen molar-refractivity contribution in [3.8, 4) is 5.75 Å². The van der Waals surface area contributed by atoms with Gasteiger partial charge in [-0.3, -0.25) is 9.89 Å². The lowest BCUT2D eigenvalue weighted by atomic mass is 10.0. The Kier molecular flexibility index (Phi) is 9.28. The Hall–Kier alpha value is -1.79. The number of para-hydroxylation sites is 1. The van der Waals surface area contributed by atoms with E-state index < -0.39 is 0 Å². The van der Waals surface area contributed by atoms with Crippen LogP contribution in [0.15, 0.2) is 29.3 Å². The highest BCUT2D eigenvalue weighted by atomic mass is 16.5. The maximum atomic E-state index is 5.61. The van der Waals surface area contributed by atoms with E-state index in [1.807, 2.05) is 19.1 Å². The minimum absolute atomic E-state index is 0.232. The summed E-state index contributed by atoms with van der Waals surface area (Å²) >= 11 is 0. The molecule has 6 nitrogen and oxygen atoms in total. The Labute approximate surface area is 158 Å². The third-order valence-corrected chi connectivity index (χ3v) is 4.59. The smallest absolute Gasteiger partial charge is 0.191 e. The summed E-state index contributed by atoms with van der Waals surface area (Å²) in [6.07, 6.45) is 2.50. The van der Waals surface area contributed by atoms with Crippen LogP contribution >= 0.6 is 0 Å². The maximum Gasteiger partial charge on any atom is 0.191 e. The van der Waals surface area contributed by atoms with Crippen molar-refractivity contribution in [3.63, 3.8) is 0 Å². The van der Waals surface area contributed by atoms with Gasteiger partial charge in [-0.05, 0) is 45.8 Å². The molecule has 1 heterocycles. The second-order valence-corrected chi connectivity index (χ2v) is 6.34. The standard InChI is InChI=1S/C20H34N4O2/c1-4-21-20(22-12-15-26-5-2)23-16-18(24-13-8-9-14-24)17-10-6-7-11-19(17)25-3/h6-7,10-11,18H,4-5,8-9,12-16H2,1-3H3,(H2,21,22,23). The number of aliphatic imine (C=N–C) groups is 1. The summed E-state index contributed by atoms with van der Waals surface area (Å²) in [7, 11) is 1.74. The normalized spacial score (nSPS) is 16.5. The average Bonchev–Trinajstić information content (AvgIpc) is 3.20. The Morgan fingerprint density at radius 2 is 1.96 bits per heavy atom. The minimum Gasteiger partial charge on any atom is -0.496 e. The lowest BCUT2D eigenvalue weighted by Crippen LogP contribution is -2.40. The molecule has 2 N–H and O–H groups in total. The molecule has 1 aromatic carbocycles. The molecule has 1 fully saturated rings. The number of methoxy groups -OCH3 is 1. The highest BCUT2D eigenvalue weighted by molar-refractivity contribution is 5.79. The molecule has 146 valence electrons. The quantitative estimate of drug-likeness (QED) is 0.380. The number of hydrogen-bond donors (Lipinski definition) is 2. The Morgan fingerprint density at radius 1 is 1.19 bits per heavy atom. The third-order valence-electron chi connectivity index (χ3n) is 4.59. The van der Waals surface area contributed by atoms with E-state index in [-0.39, 0.29) is 6.04 Å². The summed E-state index contributed by atoms with van der Waals surface area (Å²) < 4.78 is 11.0. The predicted octanol–water partition coefficient (Wildman–Crippen LogP) is 2.42. The van der Waals surface area contributed by atoms with Gasteiger partial charge in [0.1, 0.15) is 5.75 Å². The van der Waals surface area contributed by atoms with E-state index in [0.29, 0.717) is 13.2 Å². The predicted molar refractivity (Wildman–Crippen MR) is 107 cm³/mol. The van der Waals surface area contributed by atoms with E-state index in [1.165, 1.54) is 18.4 Å². The average molecular weight is 363 g/mol. The lowest BCUT2D eigenvalue weighted by Gasteiger charge is -2.28. The molecule has 0 spiro atoms. The third kappa shape index (κ3) is 6.18. The molecule has 1 aromatic rings. The van der Waals surface area contributed by atoms with Gasteiger partial charge in [0.05, 0.1) is 26.3 Å². The van der Waals surface area contributed by atoms with E-state index in [9.17, 15) is 0 Å². The number of nitrogens with zero attached hydrogens (tertiary/aromatic N) is 2. The van der Waals surface area contributed by atoms with Crippen molar-refractivity contribution < 1.29 is 9.47 Å². The van der Waals surface area contributed by atoms with Crippen molar-refractivity contribution in [3.05, 3.63) is 29.8 Å². The molecular weight excluding hydrogens is 328 g/mol. The second-order valence-electron chi connectivity index (χ2n) is 6.34. The monoisotopic (exact) mass is 362 g/mol. The molecule has 1 unspecified atom stereocenters. The van der Waals surface area contributed by atoms with Gasteiger partial charge < -0.3 is 20.1 Å². The molecule has 1 aliphatic heterocycles. The van der Waals surface area contributed by atoms with Crippen molar-refractivity contribution in [2.45, 2.75) is 32.7 Å². The van der Waals surface area contributed by atoms with E-state index in [4.69, 9.17) is 14.5 Å². The zero-order chi connectivity index (χ0) is 18.6. The summed E-state index contributed by atoms with van der Waals surface area (Å²) in [4.78, 5) is 7.37. The Bertz CT molecular complexity index is 544. The van der Waals surface area contributed by atoms with E-state index in [0.717, 1.165) is 44.5 Å². The van der Waals surface area contributed by atoms with Crippen molar-refractivity contribution in [2.75, 3.05) is 53.0 Å². The molecule has 1 aliphatic rings. The topological polar surface area (TPSA) is 58.1 Å². The van der Waals surface area contributed by atoms with Gasteiger partial charge in [-0.2, -0.15) is 0 Å². The molecular formula is C20H34N4O2. The lowest BCUT2D eigenvalue weighted by molar-refractivity contribution is 0.152. The van der Waals surface area contributed by atoms with Gasteiger partial charge in [0.25, 0.3) is 0 Å². The van der Waals surface area contributed by atoms with Crippen LogP contribution in [-0.4, -0.2) is 63.9 Å². The van der Waals surface area contributed by atoms with Gasteiger partial charge >= 0.3 is 0 Å². The first-order valence-corrected chi connectivity index (χ1v) is 9.77. The van der Waals surface area contributed by atoms with Crippen LogP contribution in [0.3, 0.4) is 0 Å². The molecule has 0 saturated carbocycles. The van der Waals surface area contributed by atoms with Gasteiger partial charge in [0, 0.05) is 25.3 Å². The van der Waals surface area contributed by atoms with Gasteiger partial charge in [-0.25, -0.2) is 0 Å². The minimum atomic E-state index is 0.232. The summed E-state index contributed by atoms with van der Waals surface area (Å²) in [5, 5.41) is 6.66. The van der Waals surface area contributed by atoms with Gasteiger partial charge in [0.15, 0.2) is 5.96 Å². The number of ether oxygens (including phenoxy) is 2. The molecule has 0 aromatic heterocycles. The summed E-state index contributed by atoms with van der Waals surface area (Å²) in [5.74, 6) is 1.78. The fraction of sp³-hybridized carbons (Fsp3) is 0.650. The van der Waals surface area contributed by atoms with Gasteiger partial charge in [-0.1, -0.05) is 18.2 Å². The van der Waals surface area contributed by atoms with E-state index in [2.05, 4.69) is 34.6 Å². The summed E-state index contributed by atoms with van der Waals surface area (Å²) in [5.41, 5.74) is 1.21. The largest absolute Gasteiger partial charge is 0.496 e. The molecule has 1 saturated heterocycles. The number of nitrogens with one attached hydrogen (secondary N) is 2. The first kappa shape index (κ1) is 20.5. The zero-order valence-corrected chi connectivity index (χ0v) is 16.5. The molecule has 0 aliphatic carbocycles. The molecule has 0 bridgehead atoms. The first-order valence-electron chi connectivity index (χ1n) is 9.77. The van der Waals surface area contributed by atoms with Crippen LogP contribution in [0.25, 0.3) is 0 Å². The van der Waals surface area contributed by atoms with Crippen molar-refractivity contribution >= 4 is 5.96 Å². The number of rotatable bonds is 10. The van der Waals surface area contributed by atoms with Crippen LogP contribution in [0.4, 0.5) is 0 Å². The number of likely N-dealkylation sites (tertiary alicyclic amines) is 1. The fourth-order valence-corrected chi connectivity index (χ4v) is 3.31. The molecule has 2 rings (SSSR count). The fourth-order valence-electron chi connectivity index (χ4n) is 3.31. The molecule has 0 amide bonds. The Balaban J connectivity index is 2.11. The zero-order valence-electron chi connectivity index (χ0n) is 16.5. The van der Waals surface area contributed by atoms with Crippen molar-refractivity contribution in [1.82, 2.24) is 15.5 Å².